The van der Waals surface area contributed by atoms with Gasteiger partial charge in [-0.2, -0.15) is 0 Å². The molecule has 0 amide bonds. The number of rotatable bonds is 6. The summed E-state index contributed by atoms with van der Waals surface area (Å²) in [7, 11) is 0. The molecule has 0 aliphatic rings. The molecule has 0 aromatic rings. The lowest BCUT2D eigenvalue weighted by Gasteiger charge is -2.29. The molecule has 0 rings (SSSR count). The Morgan fingerprint density at radius 2 is 1.64 bits per heavy atom. The van der Waals surface area contributed by atoms with Crippen LogP contribution in [0.25, 0.3) is 0 Å². The first-order valence-electron chi connectivity index (χ1n) is 5.55. The van der Waals surface area contributed by atoms with E-state index in [2.05, 4.69) is 27.7 Å². The SMILES string of the molecule is CC(C)CC(C)(C)OCCC(C)(C)N. The molecule has 0 aromatic carbocycles. The highest BCUT2D eigenvalue weighted by Crippen LogP contribution is 2.20. The van der Waals surface area contributed by atoms with E-state index >= 15 is 0 Å². The van der Waals surface area contributed by atoms with Crippen LogP contribution in [0.1, 0.15) is 54.4 Å². The summed E-state index contributed by atoms with van der Waals surface area (Å²) in [6, 6.07) is 0. The standard InChI is InChI=1S/C12H27NO/c1-10(2)9-12(5,6)14-8-7-11(3,4)13/h10H,7-9,13H2,1-6H3. The fourth-order valence-corrected chi connectivity index (χ4v) is 1.63. The highest BCUT2D eigenvalue weighted by molar-refractivity contribution is 4.74. The van der Waals surface area contributed by atoms with Gasteiger partial charge in [0.15, 0.2) is 0 Å². The van der Waals surface area contributed by atoms with Crippen molar-refractivity contribution >= 4 is 0 Å². The molecule has 86 valence electrons. The van der Waals surface area contributed by atoms with Crippen molar-refractivity contribution in [1.29, 1.82) is 0 Å². The lowest BCUT2D eigenvalue weighted by Crippen LogP contribution is -2.35. The van der Waals surface area contributed by atoms with E-state index in [4.69, 9.17) is 10.5 Å². The van der Waals surface area contributed by atoms with E-state index in [9.17, 15) is 0 Å². The van der Waals surface area contributed by atoms with Crippen LogP contribution in [0.3, 0.4) is 0 Å². The van der Waals surface area contributed by atoms with Gasteiger partial charge in [-0.1, -0.05) is 13.8 Å². The zero-order valence-electron chi connectivity index (χ0n) is 10.7. The Hall–Kier alpha value is -0.0800. The number of hydrogen-bond donors (Lipinski definition) is 1. The van der Waals surface area contributed by atoms with E-state index in [1.165, 1.54) is 0 Å². The maximum Gasteiger partial charge on any atom is 0.0629 e. The monoisotopic (exact) mass is 201 g/mol. The molecular weight excluding hydrogens is 174 g/mol. The van der Waals surface area contributed by atoms with E-state index in [1.54, 1.807) is 0 Å². The second kappa shape index (κ2) is 5.13. The Labute approximate surface area is 89.2 Å². The van der Waals surface area contributed by atoms with Crippen molar-refractivity contribution in [2.24, 2.45) is 11.7 Å². The van der Waals surface area contributed by atoms with Gasteiger partial charge in [-0.25, -0.2) is 0 Å². The van der Waals surface area contributed by atoms with Crippen LogP contribution in [0, 0.1) is 5.92 Å². The van der Waals surface area contributed by atoms with Gasteiger partial charge >= 0.3 is 0 Å². The van der Waals surface area contributed by atoms with Crippen molar-refractivity contribution in [1.82, 2.24) is 0 Å². The van der Waals surface area contributed by atoms with Crippen molar-refractivity contribution < 1.29 is 4.74 Å². The second-order valence-electron chi connectivity index (χ2n) is 5.94. The first kappa shape index (κ1) is 13.9. The third-order valence-electron chi connectivity index (χ3n) is 2.14. The molecule has 2 N–H and O–H groups in total. The molecule has 2 heteroatoms. The van der Waals surface area contributed by atoms with Gasteiger partial charge in [0.1, 0.15) is 0 Å². The molecule has 0 radical (unpaired) electrons. The van der Waals surface area contributed by atoms with E-state index in [1.807, 2.05) is 13.8 Å². The largest absolute Gasteiger partial charge is 0.375 e. The molecule has 0 spiro atoms. The van der Waals surface area contributed by atoms with E-state index in [-0.39, 0.29) is 11.1 Å². The Balaban J connectivity index is 3.76. The minimum Gasteiger partial charge on any atom is -0.375 e. The van der Waals surface area contributed by atoms with Gasteiger partial charge in [-0.15, -0.1) is 0 Å². The summed E-state index contributed by atoms with van der Waals surface area (Å²) in [6.07, 6.45) is 2.01. The lowest BCUT2D eigenvalue weighted by atomic mass is 9.96. The normalized spacial score (nSPS) is 13.7. The van der Waals surface area contributed by atoms with Crippen LogP contribution < -0.4 is 5.73 Å². The summed E-state index contributed by atoms with van der Waals surface area (Å²) in [4.78, 5) is 0. The quantitative estimate of drug-likeness (QED) is 0.717. The van der Waals surface area contributed by atoms with Crippen LogP contribution in [-0.2, 0) is 4.74 Å². The van der Waals surface area contributed by atoms with Crippen LogP contribution in [0.2, 0.25) is 0 Å². The molecule has 0 aliphatic heterocycles. The summed E-state index contributed by atoms with van der Waals surface area (Å²) in [5, 5.41) is 0. The van der Waals surface area contributed by atoms with Crippen molar-refractivity contribution in [2.75, 3.05) is 6.61 Å². The molecule has 14 heavy (non-hydrogen) atoms. The summed E-state index contributed by atoms with van der Waals surface area (Å²) in [5.41, 5.74) is 5.75. The topological polar surface area (TPSA) is 35.2 Å². The maximum atomic E-state index is 5.89. The lowest BCUT2D eigenvalue weighted by molar-refractivity contribution is -0.0366. The van der Waals surface area contributed by atoms with E-state index < -0.39 is 0 Å². The second-order valence-corrected chi connectivity index (χ2v) is 5.94. The third kappa shape index (κ3) is 8.52. The fourth-order valence-electron chi connectivity index (χ4n) is 1.63. The van der Waals surface area contributed by atoms with Crippen LogP contribution >= 0.6 is 0 Å². The summed E-state index contributed by atoms with van der Waals surface area (Å²) in [6.45, 7) is 13.6. The summed E-state index contributed by atoms with van der Waals surface area (Å²) < 4.78 is 5.84. The van der Waals surface area contributed by atoms with Gasteiger partial charge in [-0.05, 0) is 46.5 Å². The molecule has 0 aromatic heterocycles. The Kier molecular flexibility index (Phi) is 5.10. The van der Waals surface area contributed by atoms with Crippen molar-refractivity contribution in [3.63, 3.8) is 0 Å². The average molecular weight is 201 g/mol. The van der Waals surface area contributed by atoms with Gasteiger partial charge in [-0.3, -0.25) is 0 Å². The smallest absolute Gasteiger partial charge is 0.0629 e. The molecule has 0 saturated heterocycles. The van der Waals surface area contributed by atoms with E-state index in [0.29, 0.717) is 5.92 Å². The molecule has 0 fully saturated rings. The van der Waals surface area contributed by atoms with Crippen LogP contribution in [-0.4, -0.2) is 17.7 Å². The molecule has 0 saturated carbocycles. The Morgan fingerprint density at radius 1 is 1.14 bits per heavy atom. The number of ether oxygens (including phenoxy) is 1. The molecule has 0 aliphatic carbocycles. The molecular formula is C12H27NO. The fraction of sp³-hybridized carbons (Fsp3) is 1.00. The van der Waals surface area contributed by atoms with Crippen LogP contribution in [0.5, 0.6) is 0 Å². The number of hydrogen-bond acceptors (Lipinski definition) is 2. The van der Waals surface area contributed by atoms with Gasteiger partial charge in [0.05, 0.1) is 5.60 Å². The molecule has 2 nitrogen and oxygen atoms in total. The predicted molar refractivity (Wildman–Crippen MR) is 62.4 cm³/mol. The molecule has 0 unspecified atom stereocenters. The van der Waals surface area contributed by atoms with Gasteiger partial charge < -0.3 is 10.5 Å². The minimum absolute atomic E-state index is 0.0145. The minimum atomic E-state index is -0.117. The summed E-state index contributed by atoms with van der Waals surface area (Å²) in [5.74, 6) is 0.677. The maximum absolute atomic E-state index is 5.89. The van der Waals surface area contributed by atoms with Crippen molar-refractivity contribution in [2.45, 2.75) is 65.5 Å². The average Bonchev–Trinajstić information content (AvgIpc) is 1.78. The first-order chi connectivity index (χ1) is 6.12. The Bertz CT molecular complexity index is 156. The van der Waals surface area contributed by atoms with Gasteiger partial charge in [0.2, 0.25) is 0 Å². The molecule has 0 heterocycles. The van der Waals surface area contributed by atoms with Crippen LogP contribution in [0.15, 0.2) is 0 Å². The highest BCUT2D eigenvalue weighted by Gasteiger charge is 2.21. The zero-order chi connectivity index (χ0) is 11.4. The van der Waals surface area contributed by atoms with Crippen LogP contribution in [0.4, 0.5) is 0 Å². The van der Waals surface area contributed by atoms with Crippen molar-refractivity contribution in [3.05, 3.63) is 0 Å². The highest BCUT2D eigenvalue weighted by atomic mass is 16.5. The zero-order valence-corrected chi connectivity index (χ0v) is 10.7. The van der Waals surface area contributed by atoms with Gasteiger partial charge in [0.25, 0.3) is 0 Å². The van der Waals surface area contributed by atoms with Crippen molar-refractivity contribution in [3.8, 4) is 0 Å². The predicted octanol–water partition coefficient (Wildman–Crippen LogP) is 2.96. The first-order valence-corrected chi connectivity index (χ1v) is 5.55. The molecule has 0 atom stereocenters. The third-order valence-corrected chi connectivity index (χ3v) is 2.14. The van der Waals surface area contributed by atoms with Gasteiger partial charge in [0, 0.05) is 12.1 Å². The number of nitrogens with two attached hydrogens (primary N) is 1. The summed E-state index contributed by atoms with van der Waals surface area (Å²) >= 11 is 0. The molecule has 0 bridgehead atoms. The van der Waals surface area contributed by atoms with E-state index in [0.717, 1.165) is 19.4 Å². The Morgan fingerprint density at radius 3 is 2.00 bits per heavy atom.